The number of rotatable bonds is 9. The fraction of sp³-hybridized carbons (Fsp3) is 0.423. The van der Waals surface area contributed by atoms with Gasteiger partial charge < -0.3 is 29.5 Å². The number of fused-ring (bicyclic) bond motifs is 3. The highest BCUT2D eigenvalue weighted by atomic mass is 16.5. The third-order valence-corrected chi connectivity index (χ3v) is 6.95. The lowest BCUT2D eigenvalue weighted by atomic mass is 9.96. The van der Waals surface area contributed by atoms with Crippen LogP contribution in [0.5, 0.6) is 0 Å². The number of ether oxygens (including phenoxy) is 3. The van der Waals surface area contributed by atoms with Crippen molar-refractivity contribution < 1.29 is 33.7 Å². The number of alkyl carbamates (subject to hydrolysis) is 1. The summed E-state index contributed by atoms with van der Waals surface area (Å²) in [6, 6.07) is 16.2. The third-order valence-electron chi connectivity index (χ3n) is 6.95. The summed E-state index contributed by atoms with van der Waals surface area (Å²) in [5.41, 5.74) is 3.13. The van der Waals surface area contributed by atoms with Gasteiger partial charge >= 0.3 is 12.1 Å². The van der Waals surface area contributed by atoms with Crippen LogP contribution in [-0.2, 0) is 23.8 Å². The van der Waals surface area contributed by atoms with Crippen LogP contribution in [0.4, 0.5) is 4.79 Å². The Morgan fingerprint density at radius 1 is 1.14 bits per heavy atom. The molecule has 9 heteroatoms. The minimum absolute atomic E-state index is 0.0454. The zero-order valence-electron chi connectivity index (χ0n) is 19.9. The first kappa shape index (κ1) is 24.7. The van der Waals surface area contributed by atoms with Crippen molar-refractivity contribution in [3.05, 3.63) is 59.7 Å². The normalized spacial score (nSPS) is 19.5. The molecule has 1 saturated heterocycles. The fourth-order valence-electron chi connectivity index (χ4n) is 4.85. The maximum absolute atomic E-state index is 12.9. The van der Waals surface area contributed by atoms with Crippen molar-refractivity contribution in [2.45, 2.75) is 30.4 Å². The van der Waals surface area contributed by atoms with Gasteiger partial charge in [-0.3, -0.25) is 4.79 Å². The number of methoxy groups -OCH3 is 1. The maximum Gasteiger partial charge on any atom is 0.407 e. The number of amides is 2. The standard InChI is InChI=1S/C26H30N2O7/c1-28(26(24(30)31)12-14-34-16-26)23(29)22(33-2)11-13-27-25(32)35-15-21-19-9-5-3-7-17(19)18-8-4-6-10-20(18)21/h3-10,21-22H,11-16H2,1-2H3,(H,27,32)(H,30,31). The summed E-state index contributed by atoms with van der Waals surface area (Å²) in [5, 5.41) is 12.3. The van der Waals surface area contributed by atoms with E-state index in [0.717, 1.165) is 22.3 Å². The highest BCUT2D eigenvalue weighted by Crippen LogP contribution is 2.44. The van der Waals surface area contributed by atoms with Crippen molar-refractivity contribution in [2.75, 3.05) is 40.5 Å². The fourth-order valence-corrected chi connectivity index (χ4v) is 4.85. The molecular weight excluding hydrogens is 452 g/mol. The third kappa shape index (κ3) is 4.74. The molecule has 2 aromatic rings. The number of benzene rings is 2. The summed E-state index contributed by atoms with van der Waals surface area (Å²) in [7, 11) is 2.82. The van der Waals surface area contributed by atoms with E-state index in [1.165, 1.54) is 19.1 Å². The molecule has 35 heavy (non-hydrogen) atoms. The SMILES string of the molecule is COC(CCNC(=O)OCC1c2ccccc2-c2ccccc21)C(=O)N(C)C1(C(=O)O)CCOC1. The molecule has 2 amide bonds. The second kappa shape index (κ2) is 10.5. The van der Waals surface area contributed by atoms with E-state index in [1.807, 2.05) is 36.4 Å². The molecule has 1 aliphatic heterocycles. The number of carbonyl (C=O) groups is 3. The molecule has 1 aliphatic carbocycles. The van der Waals surface area contributed by atoms with Crippen molar-refractivity contribution >= 4 is 18.0 Å². The molecule has 0 spiro atoms. The van der Waals surface area contributed by atoms with Crippen LogP contribution in [0.15, 0.2) is 48.5 Å². The molecule has 9 nitrogen and oxygen atoms in total. The van der Waals surface area contributed by atoms with E-state index in [9.17, 15) is 19.5 Å². The van der Waals surface area contributed by atoms with Crippen LogP contribution in [0.25, 0.3) is 11.1 Å². The van der Waals surface area contributed by atoms with Crippen LogP contribution in [0.3, 0.4) is 0 Å². The second-order valence-electron chi connectivity index (χ2n) is 8.80. The number of hydrogen-bond donors (Lipinski definition) is 2. The van der Waals surface area contributed by atoms with E-state index < -0.39 is 29.6 Å². The number of nitrogens with zero attached hydrogens (tertiary/aromatic N) is 1. The monoisotopic (exact) mass is 482 g/mol. The Morgan fingerprint density at radius 2 is 1.77 bits per heavy atom. The van der Waals surface area contributed by atoms with Gasteiger partial charge in [0.25, 0.3) is 5.91 Å². The van der Waals surface area contributed by atoms with E-state index >= 15 is 0 Å². The van der Waals surface area contributed by atoms with E-state index in [1.54, 1.807) is 0 Å². The Hall–Kier alpha value is -3.43. The Kier molecular flexibility index (Phi) is 7.37. The molecule has 2 atom stereocenters. The average molecular weight is 483 g/mol. The molecular formula is C26H30N2O7. The predicted octanol–water partition coefficient (Wildman–Crippen LogP) is 2.63. The Bertz CT molecular complexity index is 1050. The quantitative estimate of drug-likeness (QED) is 0.565. The van der Waals surface area contributed by atoms with Gasteiger partial charge in [0.2, 0.25) is 0 Å². The van der Waals surface area contributed by atoms with Gasteiger partial charge in [0.05, 0.1) is 6.61 Å². The largest absolute Gasteiger partial charge is 0.479 e. The van der Waals surface area contributed by atoms with Crippen LogP contribution in [0, 0.1) is 0 Å². The van der Waals surface area contributed by atoms with Gasteiger partial charge in [0.15, 0.2) is 5.54 Å². The van der Waals surface area contributed by atoms with Crippen molar-refractivity contribution in [2.24, 2.45) is 0 Å². The van der Waals surface area contributed by atoms with Gasteiger partial charge in [-0.2, -0.15) is 0 Å². The molecule has 2 N–H and O–H groups in total. The van der Waals surface area contributed by atoms with E-state index in [2.05, 4.69) is 17.4 Å². The van der Waals surface area contributed by atoms with Gasteiger partial charge in [-0.1, -0.05) is 48.5 Å². The van der Waals surface area contributed by atoms with Crippen LogP contribution in [0.1, 0.15) is 29.9 Å². The minimum Gasteiger partial charge on any atom is -0.479 e. The minimum atomic E-state index is -1.41. The molecule has 1 fully saturated rings. The molecule has 1 heterocycles. The van der Waals surface area contributed by atoms with Crippen LogP contribution in [0.2, 0.25) is 0 Å². The number of aliphatic carboxylic acids is 1. The maximum atomic E-state index is 12.9. The topological polar surface area (TPSA) is 114 Å². The van der Waals surface area contributed by atoms with Crippen LogP contribution in [-0.4, -0.2) is 80.1 Å². The molecule has 0 bridgehead atoms. The first-order valence-corrected chi connectivity index (χ1v) is 11.6. The molecule has 2 aromatic carbocycles. The summed E-state index contributed by atoms with van der Waals surface area (Å²) in [4.78, 5) is 38.3. The summed E-state index contributed by atoms with van der Waals surface area (Å²) in [6.07, 6.45) is -1.13. The van der Waals surface area contributed by atoms with Crippen molar-refractivity contribution in [3.63, 3.8) is 0 Å². The van der Waals surface area contributed by atoms with E-state index in [0.29, 0.717) is 0 Å². The van der Waals surface area contributed by atoms with Gasteiger partial charge in [0, 0.05) is 46.1 Å². The first-order chi connectivity index (χ1) is 16.9. The highest BCUT2D eigenvalue weighted by Gasteiger charge is 2.49. The van der Waals surface area contributed by atoms with Crippen molar-refractivity contribution in [1.82, 2.24) is 10.2 Å². The Balaban J connectivity index is 1.30. The summed E-state index contributed by atoms with van der Waals surface area (Å²) in [5.74, 6) is -1.64. The Labute approximate surface area is 204 Å². The summed E-state index contributed by atoms with van der Waals surface area (Å²) >= 11 is 0. The van der Waals surface area contributed by atoms with Crippen molar-refractivity contribution in [3.8, 4) is 11.1 Å². The van der Waals surface area contributed by atoms with Gasteiger partial charge in [-0.05, 0) is 22.3 Å². The first-order valence-electron chi connectivity index (χ1n) is 11.6. The number of carboxylic acid groups (broad SMARTS) is 1. The number of likely N-dealkylation sites (N-methyl/N-ethyl adjacent to an activating group) is 1. The zero-order valence-corrected chi connectivity index (χ0v) is 19.9. The second-order valence-corrected chi connectivity index (χ2v) is 8.80. The lowest BCUT2D eigenvalue weighted by Crippen LogP contribution is -2.58. The van der Waals surface area contributed by atoms with E-state index in [4.69, 9.17) is 14.2 Å². The summed E-state index contributed by atoms with van der Waals surface area (Å²) in [6.45, 7) is 0.519. The van der Waals surface area contributed by atoms with Gasteiger partial charge in [-0.25, -0.2) is 9.59 Å². The number of carboxylic acids is 1. The van der Waals surface area contributed by atoms with Crippen LogP contribution >= 0.6 is 0 Å². The average Bonchev–Trinajstić information content (AvgIpc) is 3.49. The number of nitrogens with one attached hydrogen (secondary N) is 1. The highest BCUT2D eigenvalue weighted by molar-refractivity contribution is 5.89. The zero-order chi connectivity index (χ0) is 25.0. The van der Waals surface area contributed by atoms with Gasteiger partial charge in [-0.15, -0.1) is 0 Å². The Morgan fingerprint density at radius 3 is 2.31 bits per heavy atom. The molecule has 4 rings (SSSR count). The van der Waals surface area contributed by atoms with Gasteiger partial charge in [0.1, 0.15) is 12.7 Å². The van der Waals surface area contributed by atoms with Crippen LogP contribution < -0.4 is 5.32 Å². The molecule has 0 aromatic heterocycles. The molecule has 2 aliphatic rings. The molecule has 2 unspecified atom stereocenters. The molecule has 186 valence electrons. The molecule has 0 radical (unpaired) electrons. The smallest absolute Gasteiger partial charge is 0.407 e. The lowest BCUT2D eigenvalue weighted by molar-refractivity contribution is -0.162. The van der Waals surface area contributed by atoms with E-state index in [-0.39, 0.29) is 45.1 Å². The number of carbonyl (C=O) groups excluding carboxylic acids is 2. The summed E-state index contributed by atoms with van der Waals surface area (Å²) < 4.78 is 16.1. The predicted molar refractivity (Wildman–Crippen MR) is 127 cm³/mol. The molecule has 0 saturated carbocycles. The lowest BCUT2D eigenvalue weighted by Gasteiger charge is -2.35. The number of hydrogen-bond acceptors (Lipinski definition) is 6. The van der Waals surface area contributed by atoms with Crippen molar-refractivity contribution in [1.29, 1.82) is 0 Å².